The number of hydrogen-bond donors (Lipinski definition) is 0. The van der Waals surface area contributed by atoms with Crippen molar-refractivity contribution in [2.45, 2.75) is 0 Å². The normalized spacial score (nSPS) is 10.5. The van der Waals surface area contributed by atoms with Gasteiger partial charge in [0.1, 0.15) is 12.7 Å². The maximum absolute atomic E-state index is 10.6. The summed E-state index contributed by atoms with van der Waals surface area (Å²) in [7, 11) is 0. The molecule has 0 aliphatic heterocycles. The minimum Gasteiger partial charge on any atom is -0.258 e. The minimum absolute atomic E-state index is 0.0310. The maximum atomic E-state index is 10.6. The third-order valence-corrected chi connectivity index (χ3v) is 3.45. The zero-order chi connectivity index (χ0) is 14.8. The maximum Gasteiger partial charge on any atom is 0.269 e. The van der Waals surface area contributed by atoms with E-state index < -0.39 is 4.92 Å². The smallest absolute Gasteiger partial charge is 0.258 e. The SMILES string of the molecule is O=[N+]([O-])c1ccc(-c2ncn(-c3ncncc3I)n2)cc1. The minimum atomic E-state index is -0.445. The topological polar surface area (TPSA) is 99.6 Å². The van der Waals surface area contributed by atoms with E-state index in [-0.39, 0.29) is 5.69 Å². The van der Waals surface area contributed by atoms with Crippen LogP contribution in [0.2, 0.25) is 0 Å². The number of nitro benzene ring substituents is 1. The first-order valence-corrected chi connectivity index (χ1v) is 6.85. The number of rotatable bonds is 3. The van der Waals surface area contributed by atoms with Crippen molar-refractivity contribution in [3.8, 4) is 17.2 Å². The fourth-order valence-corrected chi connectivity index (χ4v) is 2.25. The van der Waals surface area contributed by atoms with Gasteiger partial charge in [0.2, 0.25) is 0 Å². The summed E-state index contributed by atoms with van der Waals surface area (Å²) in [6.07, 6.45) is 4.65. The predicted octanol–water partition coefficient (Wildman–Crippen LogP) is 2.24. The van der Waals surface area contributed by atoms with E-state index in [1.54, 1.807) is 29.3 Å². The molecule has 0 atom stereocenters. The third kappa shape index (κ3) is 2.72. The standard InChI is InChI=1S/C12H7IN6O2/c13-10-5-14-6-15-12(10)18-7-16-11(17-18)8-1-3-9(4-2-8)19(20)21/h1-7H. The molecule has 8 nitrogen and oxygen atoms in total. The molecule has 9 heteroatoms. The number of nitrogens with zero attached hydrogens (tertiary/aromatic N) is 6. The Morgan fingerprint density at radius 2 is 1.95 bits per heavy atom. The molecule has 0 saturated carbocycles. The van der Waals surface area contributed by atoms with Gasteiger partial charge in [-0.15, -0.1) is 5.10 Å². The van der Waals surface area contributed by atoms with Gasteiger partial charge in [0.05, 0.1) is 8.49 Å². The summed E-state index contributed by atoms with van der Waals surface area (Å²) in [5.41, 5.74) is 0.729. The Labute approximate surface area is 132 Å². The summed E-state index contributed by atoms with van der Waals surface area (Å²) >= 11 is 2.11. The van der Waals surface area contributed by atoms with Gasteiger partial charge in [-0.1, -0.05) is 0 Å². The van der Waals surface area contributed by atoms with Crippen LogP contribution in [-0.2, 0) is 0 Å². The van der Waals surface area contributed by atoms with Crippen LogP contribution >= 0.6 is 22.6 Å². The van der Waals surface area contributed by atoms with Crippen LogP contribution in [0.25, 0.3) is 17.2 Å². The lowest BCUT2D eigenvalue weighted by molar-refractivity contribution is -0.384. The van der Waals surface area contributed by atoms with Gasteiger partial charge in [-0.3, -0.25) is 10.1 Å². The molecule has 104 valence electrons. The van der Waals surface area contributed by atoms with Crippen molar-refractivity contribution in [3.63, 3.8) is 0 Å². The van der Waals surface area contributed by atoms with Crippen molar-refractivity contribution in [3.05, 3.63) is 56.8 Å². The molecule has 0 saturated heterocycles. The van der Waals surface area contributed by atoms with Gasteiger partial charge in [-0.25, -0.2) is 19.6 Å². The zero-order valence-electron chi connectivity index (χ0n) is 10.4. The number of aromatic nitrogens is 5. The molecule has 0 aliphatic carbocycles. The van der Waals surface area contributed by atoms with Crippen LogP contribution < -0.4 is 0 Å². The van der Waals surface area contributed by atoms with E-state index in [0.717, 1.165) is 3.57 Å². The number of nitro groups is 1. The Bertz CT molecular complexity index is 802. The quantitative estimate of drug-likeness (QED) is 0.384. The second-order valence-corrected chi connectivity index (χ2v) is 5.17. The molecule has 0 aliphatic rings. The van der Waals surface area contributed by atoms with Crippen molar-refractivity contribution in [1.29, 1.82) is 0 Å². The fourth-order valence-electron chi connectivity index (χ4n) is 1.70. The fraction of sp³-hybridized carbons (Fsp3) is 0. The van der Waals surface area contributed by atoms with Crippen LogP contribution in [-0.4, -0.2) is 29.7 Å². The molecule has 21 heavy (non-hydrogen) atoms. The van der Waals surface area contributed by atoms with Gasteiger partial charge in [-0.05, 0) is 34.7 Å². The second kappa shape index (κ2) is 5.52. The molecular formula is C12H7IN6O2. The number of hydrogen-bond acceptors (Lipinski definition) is 6. The van der Waals surface area contributed by atoms with Crippen molar-refractivity contribution in [2.75, 3.05) is 0 Å². The Hall–Kier alpha value is -2.43. The first kappa shape index (κ1) is 13.5. The number of non-ortho nitro benzene ring substituents is 1. The highest BCUT2D eigenvalue weighted by molar-refractivity contribution is 14.1. The van der Waals surface area contributed by atoms with Crippen molar-refractivity contribution in [2.24, 2.45) is 0 Å². The Balaban J connectivity index is 1.95. The van der Waals surface area contributed by atoms with E-state index in [0.29, 0.717) is 17.2 Å². The van der Waals surface area contributed by atoms with Gasteiger partial charge < -0.3 is 0 Å². The molecular weight excluding hydrogens is 387 g/mol. The summed E-state index contributed by atoms with van der Waals surface area (Å²) in [4.78, 5) is 22.4. The Kier molecular flexibility index (Phi) is 3.56. The third-order valence-electron chi connectivity index (χ3n) is 2.69. The molecule has 0 bridgehead atoms. The molecule has 3 aromatic rings. The van der Waals surface area contributed by atoms with Crippen LogP contribution in [0, 0.1) is 13.7 Å². The lowest BCUT2D eigenvalue weighted by Gasteiger charge is -2.00. The Morgan fingerprint density at radius 3 is 2.62 bits per heavy atom. The van der Waals surface area contributed by atoms with E-state index in [2.05, 4.69) is 42.6 Å². The van der Waals surface area contributed by atoms with E-state index in [1.807, 2.05) is 0 Å². The van der Waals surface area contributed by atoms with Gasteiger partial charge in [-0.2, -0.15) is 0 Å². The number of benzene rings is 1. The van der Waals surface area contributed by atoms with Gasteiger partial charge >= 0.3 is 0 Å². The highest BCUT2D eigenvalue weighted by atomic mass is 127. The van der Waals surface area contributed by atoms with Crippen LogP contribution in [0.3, 0.4) is 0 Å². The van der Waals surface area contributed by atoms with E-state index in [4.69, 9.17) is 0 Å². The largest absolute Gasteiger partial charge is 0.269 e. The first-order valence-electron chi connectivity index (χ1n) is 5.77. The monoisotopic (exact) mass is 394 g/mol. The molecule has 3 rings (SSSR count). The van der Waals surface area contributed by atoms with Crippen LogP contribution in [0.15, 0.2) is 43.1 Å². The van der Waals surface area contributed by atoms with E-state index in [9.17, 15) is 10.1 Å². The molecule has 0 amide bonds. The predicted molar refractivity (Wildman–Crippen MR) is 81.8 cm³/mol. The van der Waals surface area contributed by atoms with Crippen LogP contribution in [0.4, 0.5) is 5.69 Å². The van der Waals surface area contributed by atoms with Crippen molar-refractivity contribution >= 4 is 28.3 Å². The average molecular weight is 394 g/mol. The van der Waals surface area contributed by atoms with Gasteiger partial charge in [0.25, 0.3) is 5.69 Å². The van der Waals surface area contributed by atoms with Gasteiger partial charge in [0, 0.05) is 23.9 Å². The molecule has 1 aromatic carbocycles. The molecule has 0 spiro atoms. The highest BCUT2D eigenvalue weighted by Gasteiger charge is 2.10. The average Bonchev–Trinajstić information content (AvgIpc) is 2.97. The van der Waals surface area contributed by atoms with Gasteiger partial charge in [0.15, 0.2) is 11.6 Å². The first-order chi connectivity index (χ1) is 10.1. The molecule has 2 aromatic heterocycles. The molecule has 0 radical (unpaired) electrons. The summed E-state index contributed by atoms with van der Waals surface area (Å²) in [6.45, 7) is 0. The lowest BCUT2D eigenvalue weighted by Crippen LogP contribution is -2.01. The summed E-state index contributed by atoms with van der Waals surface area (Å²) in [5.74, 6) is 1.10. The van der Waals surface area contributed by atoms with Crippen molar-refractivity contribution < 1.29 is 4.92 Å². The Morgan fingerprint density at radius 1 is 1.19 bits per heavy atom. The molecule has 0 N–H and O–H groups in total. The zero-order valence-corrected chi connectivity index (χ0v) is 12.6. The summed E-state index contributed by atoms with van der Waals surface area (Å²) in [6, 6.07) is 6.07. The highest BCUT2D eigenvalue weighted by Crippen LogP contribution is 2.20. The van der Waals surface area contributed by atoms with Crippen LogP contribution in [0.5, 0.6) is 0 Å². The lowest BCUT2D eigenvalue weighted by atomic mass is 10.2. The summed E-state index contributed by atoms with van der Waals surface area (Å²) < 4.78 is 2.38. The van der Waals surface area contributed by atoms with E-state index >= 15 is 0 Å². The van der Waals surface area contributed by atoms with E-state index in [1.165, 1.54) is 18.5 Å². The second-order valence-electron chi connectivity index (χ2n) is 4.01. The van der Waals surface area contributed by atoms with Crippen LogP contribution in [0.1, 0.15) is 0 Å². The molecule has 2 heterocycles. The molecule has 0 fully saturated rings. The number of halogens is 1. The summed E-state index contributed by atoms with van der Waals surface area (Å²) in [5, 5.41) is 15.0. The molecule has 0 unspecified atom stereocenters. The van der Waals surface area contributed by atoms with Crippen molar-refractivity contribution in [1.82, 2.24) is 24.7 Å².